The maximum atomic E-state index is 13.4. The third-order valence-electron chi connectivity index (χ3n) is 5.33. The highest BCUT2D eigenvalue weighted by molar-refractivity contribution is 6.30. The molecule has 32 heavy (non-hydrogen) atoms. The molecule has 0 bridgehead atoms. The third kappa shape index (κ3) is 5.33. The van der Waals surface area contributed by atoms with Gasteiger partial charge in [0.05, 0.1) is 11.1 Å². The van der Waals surface area contributed by atoms with Crippen molar-refractivity contribution < 1.29 is 27.5 Å². The summed E-state index contributed by atoms with van der Waals surface area (Å²) in [7, 11) is 0. The summed E-state index contributed by atoms with van der Waals surface area (Å²) >= 11 is 5.60. The van der Waals surface area contributed by atoms with Crippen LogP contribution in [0.5, 0.6) is 5.75 Å². The number of alkyl halides is 2. The van der Waals surface area contributed by atoms with Crippen LogP contribution in [0.2, 0.25) is 5.02 Å². The number of aromatic nitrogens is 2. The van der Waals surface area contributed by atoms with Crippen LogP contribution in [0, 0.1) is 5.82 Å². The average molecular weight is 472 g/mol. The van der Waals surface area contributed by atoms with Crippen molar-refractivity contribution in [3.63, 3.8) is 0 Å². The Morgan fingerprint density at radius 2 is 2.09 bits per heavy atom. The van der Waals surface area contributed by atoms with E-state index in [1.54, 1.807) is 0 Å². The van der Waals surface area contributed by atoms with Crippen LogP contribution < -0.4 is 20.7 Å². The molecule has 172 valence electrons. The van der Waals surface area contributed by atoms with Gasteiger partial charge in [0.1, 0.15) is 17.6 Å². The number of benzene rings is 1. The Bertz CT molecular complexity index is 1010. The number of nitrogens with one attached hydrogen (secondary N) is 3. The molecule has 2 aliphatic rings. The number of anilines is 1. The van der Waals surface area contributed by atoms with Crippen molar-refractivity contribution in [3.8, 4) is 5.75 Å². The van der Waals surface area contributed by atoms with Crippen molar-refractivity contribution in [2.24, 2.45) is 0 Å². The first-order valence-electron chi connectivity index (χ1n) is 10.1. The van der Waals surface area contributed by atoms with E-state index in [2.05, 4.69) is 21.0 Å². The van der Waals surface area contributed by atoms with Gasteiger partial charge in [-0.1, -0.05) is 11.6 Å². The Morgan fingerprint density at radius 1 is 1.31 bits per heavy atom. The number of hydrogen-bond acceptors (Lipinski definition) is 5. The molecular formula is C20H21ClF3N5O3. The summed E-state index contributed by atoms with van der Waals surface area (Å²) < 4.78 is 46.1. The van der Waals surface area contributed by atoms with Gasteiger partial charge in [0, 0.05) is 37.3 Å². The van der Waals surface area contributed by atoms with Crippen LogP contribution in [0.1, 0.15) is 25.3 Å². The van der Waals surface area contributed by atoms with Crippen molar-refractivity contribution in [2.45, 2.75) is 43.3 Å². The summed E-state index contributed by atoms with van der Waals surface area (Å²) in [6.45, 7) is 0.0757. The summed E-state index contributed by atoms with van der Waals surface area (Å²) in [5.74, 6) is -3.68. The molecule has 0 radical (unpaired) electrons. The fourth-order valence-electron chi connectivity index (χ4n) is 3.47. The van der Waals surface area contributed by atoms with Gasteiger partial charge in [0.25, 0.3) is 11.8 Å². The summed E-state index contributed by atoms with van der Waals surface area (Å²) in [5, 5.41) is 12.4. The van der Waals surface area contributed by atoms with Gasteiger partial charge in [-0.2, -0.15) is 5.10 Å². The molecule has 3 N–H and O–H groups in total. The maximum Gasteiger partial charge on any atom is 0.272 e. The van der Waals surface area contributed by atoms with E-state index in [1.807, 2.05) is 0 Å². The number of amides is 2. The molecule has 12 heteroatoms. The van der Waals surface area contributed by atoms with Gasteiger partial charge in [-0.25, -0.2) is 13.2 Å². The van der Waals surface area contributed by atoms with Crippen LogP contribution >= 0.6 is 11.6 Å². The first kappa shape index (κ1) is 22.4. The predicted molar refractivity (Wildman–Crippen MR) is 109 cm³/mol. The van der Waals surface area contributed by atoms with Crippen LogP contribution in [0.15, 0.2) is 30.5 Å². The molecule has 0 spiro atoms. The lowest BCUT2D eigenvalue weighted by atomic mass is 10.00. The Hall–Kier alpha value is -2.79. The summed E-state index contributed by atoms with van der Waals surface area (Å²) in [4.78, 5) is 24.5. The number of rotatable bonds is 7. The molecule has 8 nitrogen and oxygen atoms in total. The van der Waals surface area contributed by atoms with E-state index < -0.39 is 23.8 Å². The topological polar surface area (TPSA) is 97.3 Å². The number of hydrogen-bond donors (Lipinski definition) is 3. The second-order valence-corrected chi connectivity index (χ2v) is 8.23. The molecule has 2 aromatic rings. The maximum absolute atomic E-state index is 13.4. The zero-order valence-corrected chi connectivity index (χ0v) is 17.5. The predicted octanol–water partition coefficient (Wildman–Crippen LogP) is 2.51. The Balaban J connectivity index is 1.18. The van der Waals surface area contributed by atoms with Crippen LogP contribution in [0.3, 0.4) is 0 Å². The van der Waals surface area contributed by atoms with Gasteiger partial charge < -0.3 is 20.7 Å². The molecule has 2 fully saturated rings. The molecule has 4 rings (SSSR count). The lowest BCUT2D eigenvalue weighted by molar-refractivity contribution is -0.124. The van der Waals surface area contributed by atoms with Gasteiger partial charge in [-0.15, -0.1) is 0 Å². The zero-order chi connectivity index (χ0) is 22.9. The quantitative estimate of drug-likeness (QED) is 0.576. The van der Waals surface area contributed by atoms with E-state index in [0.717, 1.165) is 10.7 Å². The van der Waals surface area contributed by atoms with Crippen LogP contribution in [0.4, 0.5) is 19.0 Å². The average Bonchev–Trinajstić information content (AvgIpc) is 3.16. The molecule has 2 heterocycles. The second-order valence-electron chi connectivity index (χ2n) is 7.82. The SMILES string of the molecule is O=C(COc1ccc(Cl)c(F)c1)N[C@H]1CC[C@H](C(=O)Nc2ccn(C3CC3(F)F)n2)NC1. The minimum atomic E-state index is -2.74. The molecule has 1 saturated heterocycles. The lowest BCUT2D eigenvalue weighted by Gasteiger charge is -2.29. The third-order valence-corrected chi connectivity index (χ3v) is 5.64. The molecule has 2 amide bonds. The highest BCUT2D eigenvalue weighted by Gasteiger charge is 2.59. The van der Waals surface area contributed by atoms with Crippen molar-refractivity contribution >= 4 is 29.2 Å². The van der Waals surface area contributed by atoms with Crippen molar-refractivity contribution in [1.82, 2.24) is 20.4 Å². The van der Waals surface area contributed by atoms with E-state index in [9.17, 15) is 22.8 Å². The van der Waals surface area contributed by atoms with Crippen molar-refractivity contribution in [2.75, 3.05) is 18.5 Å². The van der Waals surface area contributed by atoms with Crippen LogP contribution in [0.25, 0.3) is 0 Å². The summed E-state index contributed by atoms with van der Waals surface area (Å²) in [5.41, 5.74) is 0. The highest BCUT2D eigenvalue weighted by atomic mass is 35.5. The smallest absolute Gasteiger partial charge is 0.272 e. The Morgan fingerprint density at radius 3 is 2.75 bits per heavy atom. The van der Waals surface area contributed by atoms with Crippen molar-refractivity contribution in [3.05, 3.63) is 41.3 Å². The number of ether oxygens (including phenoxy) is 1. The molecule has 1 aliphatic heterocycles. The van der Waals surface area contributed by atoms with Gasteiger partial charge in [-0.3, -0.25) is 14.3 Å². The number of piperidine rings is 1. The Labute approximate surface area is 186 Å². The molecule has 3 atom stereocenters. The van der Waals surface area contributed by atoms with E-state index in [1.165, 1.54) is 24.4 Å². The molecule has 1 unspecified atom stereocenters. The highest BCUT2D eigenvalue weighted by Crippen LogP contribution is 2.52. The number of nitrogens with zero attached hydrogens (tertiary/aromatic N) is 2. The van der Waals surface area contributed by atoms with Crippen LogP contribution in [-0.4, -0.2) is 52.8 Å². The van der Waals surface area contributed by atoms with E-state index in [0.29, 0.717) is 19.4 Å². The monoisotopic (exact) mass is 471 g/mol. The lowest BCUT2D eigenvalue weighted by Crippen LogP contribution is -2.53. The van der Waals surface area contributed by atoms with Gasteiger partial charge in [0.2, 0.25) is 5.91 Å². The summed E-state index contributed by atoms with van der Waals surface area (Å²) in [6, 6.07) is 3.73. The van der Waals surface area contributed by atoms with Crippen LogP contribution in [-0.2, 0) is 9.59 Å². The molecule has 1 aromatic heterocycles. The minimum absolute atomic E-state index is 0.0357. The first-order valence-corrected chi connectivity index (χ1v) is 10.4. The number of halogens is 4. The second kappa shape index (κ2) is 8.99. The normalized spacial score (nSPS) is 23.9. The molecule has 1 aromatic carbocycles. The van der Waals surface area contributed by atoms with Crippen molar-refractivity contribution in [1.29, 1.82) is 0 Å². The largest absolute Gasteiger partial charge is 0.484 e. The van der Waals surface area contributed by atoms with Gasteiger partial charge in [0.15, 0.2) is 12.4 Å². The van der Waals surface area contributed by atoms with E-state index >= 15 is 0 Å². The summed E-state index contributed by atoms with van der Waals surface area (Å²) in [6.07, 6.45) is 2.18. The first-order chi connectivity index (χ1) is 15.2. The van der Waals surface area contributed by atoms with Gasteiger partial charge in [-0.05, 0) is 25.0 Å². The fourth-order valence-corrected chi connectivity index (χ4v) is 3.58. The number of carbonyl (C=O) groups excluding carboxylic acids is 2. The minimum Gasteiger partial charge on any atom is -0.484 e. The Kier molecular flexibility index (Phi) is 6.29. The van der Waals surface area contributed by atoms with Gasteiger partial charge >= 0.3 is 0 Å². The molecular weight excluding hydrogens is 451 g/mol. The fraction of sp³-hybridized carbons (Fsp3) is 0.450. The number of carbonyl (C=O) groups is 2. The molecule has 1 aliphatic carbocycles. The van der Waals surface area contributed by atoms with E-state index in [4.69, 9.17) is 16.3 Å². The standard InChI is InChI=1S/C20H21ClF3N5O3/c21-13-3-2-12(7-14(13)22)32-10-18(30)26-11-1-4-15(25-9-11)19(31)27-17-5-6-29(28-17)16-8-20(16,23)24/h2-3,5-7,11,15-16,25H,1,4,8-10H2,(H,26,30)(H,27,28,31)/t11-,15+,16?/m0/s1. The van der Waals surface area contributed by atoms with E-state index in [-0.39, 0.29) is 47.5 Å². The molecule has 1 saturated carbocycles. The zero-order valence-electron chi connectivity index (χ0n) is 16.8.